The highest BCUT2D eigenvalue weighted by Crippen LogP contribution is 2.65. The molecule has 0 aromatic rings. The van der Waals surface area contributed by atoms with Gasteiger partial charge in [0.15, 0.2) is 5.72 Å². The Morgan fingerprint density at radius 2 is 1.80 bits per heavy atom. The van der Waals surface area contributed by atoms with Gasteiger partial charge < -0.3 is 4.74 Å². The molecule has 0 aromatic carbocycles. The molecule has 84 valence electrons. The van der Waals surface area contributed by atoms with Crippen LogP contribution in [0, 0.1) is 5.41 Å². The first-order chi connectivity index (χ1) is 7.14. The minimum absolute atomic E-state index is 0.297. The number of azo groups is 1. The van der Waals surface area contributed by atoms with Gasteiger partial charge in [-0.3, -0.25) is 4.74 Å². The van der Waals surface area contributed by atoms with Crippen molar-refractivity contribution >= 4 is 0 Å². The zero-order valence-corrected chi connectivity index (χ0v) is 9.45. The van der Waals surface area contributed by atoms with Crippen LogP contribution < -0.4 is 0 Å². The van der Waals surface area contributed by atoms with Crippen molar-refractivity contribution in [3.05, 3.63) is 0 Å². The molecule has 2 unspecified atom stereocenters. The molecular formula is C11H18N2O2. The molecule has 0 radical (unpaired) electrons. The molecule has 1 aliphatic heterocycles. The van der Waals surface area contributed by atoms with E-state index in [4.69, 9.17) is 9.47 Å². The molecule has 2 aliphatic carbocycles. The quantitative estimate of drug-likeness (QED) is 0.668. The Morgan fingerprint density at radius 3 is 2.40 bits per heavy atom. The lowest BCUT2D eigenvalue weighted by Crippen LogP contribution is -2.45. The number of rotatable bonds is 1. The van der Waals surface area contributed by atoms with E-state index in [2.05, 4.69) is 10.2 Å². The molecule has 15 heavy (non-hydrogen) atoms. The molecule has 4 nitrogen and oxygen atoms in total. The normalized spacial score (nSPS) is 46.5. The van der Waals surface area contributed by atoms with E-state index in [1.165, 1.54) is 32.1 Å². The van der Waals surface area contributed by atoms with Crippen molar-refractivity contribution in [2.75, 3.05) is 7.11 Å². The van der Waals surface area contributed by atoms with Crippen molar-refractivity contribution in [1.29, 1.82) is 0 Å². The van der Waals surface area contributed by atoms with Crippen LogP contribution in [0.4, 0.5) is 0 Å². The second kappa shape index (κ2) is 2.80. The third kappa shape index (κ3) is 1.21. The monoisotopic (exact) mass is 210 g/mol. The van der Waals surface area contributed by atoms with Gasteiger partial charge in [0.05, 0.1) is 0 Å². The molecule has 3 rings (SSSR count). The number of ether oxygens (including phenoxy) is 2. The summed E-state index contributed by atoms with van der Waals surface area (Å²) < 4.78 is 11.3. The number of hydrogen-bond donors (Lipinski definition) is 0. The molecule has 0 aromatic heterocycles. The summed E-state index contributed by atoms with van der Waals surface area (Å²) in [6.07, 6.45) is 7.24. The third-order valence-corrected chi connectivity index (χ3v) is 4.23. The van der Waals surface area contributed by atoms with E-state index in [9.17, 15) is 0 Å². The fourth-order valence-electron chi connectivity index (χ4n) is 3.00. The lowest BCUT2D eigenvalue weighted by Gasteiger charge is -2.39. The fraction of sp³-hybridized carbons (Fsp3) is 1.00. The second-order valence-electron chi connectivity index (χ2n) is 5.18. The van der Waals surface area contributed by atoms with Crippen LogP contribution >= 0.6 is 0 Å². The third-order valence-electron chi connectivity index (χ3n) is 4.23. The predicted molar refractivity (Wildman–Crippen MR) is 54.2 cm³/mol. The molecule has 2 saturated carbocycles. The van der Waals surface area contributed by atoms with Crippen LogP contribution in [0.15, 0.2) is 10.2 Å². The average molecular weight is 210 g/mol. The van der Waals surface area contributed by atoms with E-state index in [1.54, 1.807) is 7.11 Å². The van der Waals surface area contributed by atoms with Crippen LogP contribution in [0.3, 0.4) is 0 Å². The SMILES string of the molecule is COC1(C)N=NC2(CCCCC23CC3)O1. The lowest BCUT2D eigenvalue weighted by atomic mass is 9.78. The second-order valence-corrected chi connectivity index (χ2v) is 5.18. The number of nitrogens with zero attached hydrogens (tertiary/aromatic N) is 2. The first-order valence-corrected chi connectivity index (χ1v) is 5.83. The van der Waals surface area contributed by atoms with Crippen LogP contribution in [0.5, 0.6) is 0 Å². The van der Waals surface area contributed by atoms with Gasteiger partial charge in [0, 0.05) is 19.4 Å². The Bertz CT molecular complexity index is 314. The topological polar surface area (TPSA) is 43.2 Å². The minimum atomic E-state index is -0.840. The van der Waals surface area contributed by atoms with E-state index in [0.717, 1.165) is 6.42 Å². The smallest absolute Gasteiger partial charge is 0.286 e. The highest BCUT2D eigenvalue weighted by molar-refractivity contribution is 5.11. The molecule has 2 fully saturated rings. The van der Waals surface area contributed by atoms with Gasteiger partial charge in [0.1, 0.15) is 0 Å². The van der Waals surface area contributed by atoms with Gasteiger partial charge in [-0.1, -0.05) is 6.42 Å². The first-order valence-electron chi connectivity index (χ1n) is 5.83. The molecule has 4 heteroatoms. The highest BCUT2D eigenvalue weighted by atomic mass is 16.7. The molecule has 0 bridgehead atoms. The maximum Gasteiger partial charge on any atom is 0.286 e. The van der Waals surface area contributed by atoms with Crippen LogP contribution in [0.2, 0.25) is 0 Å². The number of methoxy groups -OCH3 is 1. The summed E-state index contributed by atoms with van der Waals surface area (Å²) in [4.78, 5) is 0. The van der Waals surface area contributed by atoms with Crippen LogP contribution in [0.1, 0.15) is 45.4 Å². The summed E-state index contributed by atoms with van der Waals surface area (Å²) in [6.45, 7) is 1.84. The first kappa shape index (κ1) is 9.73. The van der Waals surface area contributed by atoms with Gasteiger partial charge in [-0.2, -0.15) is 5.11 Å². The molecule has 0 N–H and O–H groups in total. The van der Waals surface area contributed by atoms with E-state index >= 15 is 0 Å². The van der Waals surface area contributed by atoms with E-state index < -0.39 is 5.91 Å². The van der Waals surface area contributed by atoms with Crippen molar-refractivity contribution in [2.45, 2.75) is 57.1 Å². The standard InChI is InChI=1S/C11H18N2O2/c1-9(14-2)12-13-11(15-9)6-4-3-5-10(11)7-8-10/h3-8H2,1-2H3. The minimum Gasteiger partial charge on any atom is -0.334 e. The average Bonchev–Trinajstić information content (AvgIpc) is 2.94. The van der Waals surface area contributed by atoms with Gasteiger partial charge >= 0.3 is 0 Å². The van der Waals surface area contributed by atoms with Gasteiger partial charge in [0.25, 0.3) is 5.91 Å². The molecule has 0 saturated heterocycles. The summed E-state index contributed by atoms with van der Waals surface area (Å²) in [7, 11) is 1.63. The predicted octanol–water partition coefficient (Wildman–Crippen LogP) is 2.84. The Labute approximate surface area is 90.0 Å². The zero-order valence-electron chi connectivity index (χ0n) is 9.45. The Morgan fingerprint density at radius 1 is 1.07 bits per heavy atom. The van der Waals surface area contributed by atoms with Crippen molar-refractivity contribution in [3.8, 4) is 0 Å². The summed E-state index contributed by atoms with van der Waals surface area (Å²) >= 11 is 0. The van der Waals surface area contributed by atoms with Crippen molar-refractivity contribution in [2.24, 2.45) is 15.6 Å². The lowest BCUT2D eigenvalue weighted by molar-refractivity contribution is -0.259. The van der Waals surface area contributed by atoms with Crippen molar-refractivity contribution in [3.63, 3.8) is 0 Å². The number of fused-ring (bicyclic) bond motifs is 1. The largest absolute Gasteiger partial charge is 0.334 e. The summed E-state index contributed by atoms with van der Waals surface area (Å²) in [5.41, 5.74) is -0.0545. The Hall–Kier alpha value is -0.480. The molecule has 1 heterocycles. The van der Waals surface area contributed by atoms with E-state index in [-0.39, 0.29) is 5.72 Å². The van der Waals surface area contributed by atoms with Crippen LogP contribution in [0.25, 0.3) is 0 Å². The molecule has 2 spiro atoms. The highest BCUT2D eigenvalue weighted by Gasteiger charge is 2.66. The van der Waals surface area contributed by atoms with Crippen LogP contribution in [-0.4, -0.2) is 18.7 Å². The Kier molecular flexibility index (Phi) is 1.81. The molecule has 0 amide bonds. The zero-order chi connectivity index (χ0) is 10.6. The molecular weight excluding hydrogens is 192 g/mol. The maximum absolute atomic E-state index is 6.05. The van der Waals surface area contributed by atoms with Crippen LogP contribution in [-0.2, 0) is 9.47 Å². The fourth-order valence-corrected chi connectivity index (χ4v) is 3.00. The van der Waals surface area contributed by atoms with Gasteiger partial charge in [-0.05, 0) is 32.1 Å². The summed E-state index contributed by atoms with van der Waals surface area (Å²) in [5, 5.41) is 8.62. The summed E-state index contributed by atoms with van der Waals surface area (Å²) in [5.74, 6) is -0.840. The van der Waals surface area contributed by atoms with Gasteiger partial charge in [0.2, 0.25) is 0 Å². The van der Waals surface area contributed by atoms with E-state index in [0.29, 0.717) is 5.41 Å². The maximum atomic E-state index is 6.05. The molecule has 3 aliphatic rings. The van der Waals surface area contributed by atoms with Crippen molar-refractivity contribution < 1.29 is 9.47 Å². The van der Waals surface area contributed by atoms with E-state index in [1.807, 2.05) is 6.92 Å². The molecule has 2 atom stereocenters. The summed E-state index contributed by atoms with van der Waals surface area (Å²) in [6, 6.07) is 0. The number of hydrogen-bond acceptors (Lipinski definition) is 4. The van der Waals surface area contributed by atoms with Gasteiger partial charge in [-0.25, -0.2) is 0 Å². The van der Waals surface area contributed by atoms with Crippen molar-refractivity contribution in [1.82, 2.24) is 0 Å². The Balaban J connectivity index is 1.89. The van der Waals surface area contributed by atoms with Gasteiger partial charge in [-0.15, -0.1) is 5.11 Å².